The Morgan fingerprint density at radius 2 is 2.14 bits per heavy atom. The van der Waals surface area contributed by atoms with Gasteiger partial charge in [0, 0.05) is 18.3 Å². The number of hydrogen-bond acceptors (Lipinski definition) is 4. The molecule has 1 amide bonds. The second-order valence-corrected chi connectivity index (χ2v) is 4.74. The third kappa shape index (κ3) is 2.75. The Labute approximate surface area is 125 Å². The number of nitrogens with zero attached hydrogens (tertiary/aromatic N) is 3. The summed E-state index contributed by atoms with van der Waals surface area (Å²) in [6.45, 7) is 0.0328. The van der Waals surface area contributed by atoms with Gasteiger partial charge in [0.1, 0.15) is 0 Å². The van der Waals surface area contributed by atoms with Crippen molar-refractivity contribution >= 4 is 11.6 Å². The van der Waals surface area contributed by atoms with Crippen LogP contribution >= 0.6 is 0 Å². The van der Waals surface area contributed by atoms with Gasteiger partial charge in [-0.15, -0.1) is 5.10 Å². The molecule has 3 aromatic rings. The first-order valence-corrected chi connectivity index (χ1v) is 6.68. The standard InChI is InChI=1S/C15H14N4O3/c20-9-12-13-5-2-6-19(13)18-14(17-12)11-4-1-3-10(7-11)8-16-15(21)22/h1-7,16,20H,8-9H2,(H,21,22). The minimum absolute atomic E-state index is 0.177. The van der Waals surface area contributed by atoms with Crippen molar-refractivity contribution in [3.05, 3.63) is 53.9 Å². The molecule has 3 rings (SSSR count). The first-order chi connectivity index (χ1) is 10.7. The van der Waals surface area contributed by atoms with E-state index in [0.717, 1.165) is 16.6 Å². The summed E-state index contributed by atoms with van der Waals surface area (Å²) in [6.07, 6.45) is 0.716. The van der Waals surface area contributed by atoms with Crippen LogP contribution in [0.1, 0.15) is 11.3 Å². The van der Waals surface area contributed by atoms with Crippen LogP contribution in [0.2, 0.25) is 0 Å². The zero-order chi connectivity index (χ0) is 15.5. The molecule has 0 atom stereocenters. The summed E-state index contributed by atoms with van der Waals surface area (Å²) >= 11 is 0. The molecule has 112 valence electrons. The molecule has 3 N–H and O–H groups in total. The highest BCUT2D eigenvalue weighted by molar-refractivity contribution is 5.65. The van der Waals surface area contributed by atoms with E-state index in [1.807, 2.05) is 36.4 Å². The Bertz CT molecular complexity index is 829. The number of hydrogen-bond donors (Lipinski definition) is 3. The Morgan fingerprint density at radius 3 is 2.91 bits per heavy atom. The maximum absolute atomic E-state index is 10.6. The molecule has 22 heavy (non-hydrogen) atoms. The van der Waals surface area contributed by atoms with Gasteiger partial charge in [-0.2, -0.15) is 0 Å². The van der Waals surface area contributed by atoms with Crippen LogP contribution in [0, 0.1) is 0 Å². The fraction of sp³-hybridized carbons (Fsp3) is 0.133. The van der Waals surface area contributed by atoms with Crippen molar-refractivity contribution in [2.45, 2.75) is 13.2 Å². The molecule has 0 bridgehead atoms. The van der Waals surface area contributed by atoms with Crippen molar-refractivity contribution in [1.29, 1.82) is 0 Å². The van der Waals surface area contributed by atoms with E-state index in [9.17, 15) is 9.90 Å². The molecule has 0 saturated heterocycles. The predicted octanol–water partition coefficient (Wildman–Crippen LogP) is 1.66. The van der Waals surface area contributed by atoms with E-state index in [4.69, 9.17) is 5.11 Å². The van der Waals surface area contributed by atoms with Crippen LogP contribution in [0.3, 0.4) is 0 Å². The van der Waals surface area contributed by atoms with Crippen LogP contribution < -0.4 is 5.32 Å². The maximum atomic E-state index is 10.6. The van der Waals surface area contributed by atoms with Crippen molar-refractivity contribution in [2.24, 2.45) is 0 Å². The monoisotopic (exact) mass is 298 g/mol. The van der Waals surface area contributed by atoms with Crippen LogP contribution in [-0.2, 0) is 13.2 Å². The van der Waals surface area contributed by atoms with Gasteiger partial charge < -0.3 is 15.5 Å². The first kappa shape index (κ1) is 14.0. The van der Waals surface area contributed by atoms with E-state index >= 15 is 0 Å². The Hall–Kier alpha value is -2.93. The highest BCUT2D eigenvalue weighted by Gasteiger charge is 2.09. The average molecular weight is 298 g/mol. The molecule has 0 unspecified atom stereocenters. The SMILES string of the molecule is O=C(O)NCc1cccc(-c2nc(CO)c3cccn3n2)c1. The molecule has 7 heteroatoms. The molecule has 0 aliphatic heterocycles. The van der Waals surface area contributed by atoms with Gasteiger partial charge in [0.05, 0.1) is 17.8 Å². The number of rotatable bonds is 4. The summed E-state index contributed by atoms with van der Waals surface area (Å²) in [4.78, 5) is 14.9. The molecule has 0 aliphatic carbocycles. The maximum Gasteiger partial charge on any atom is 0.404 e. The van der Waals surface area contributed by atoms with E-state index in [1.54, 1.807) is 10.7 Å². The minimum Gasteiger partial charge on any atom is -0.465 e. The van der Waals surface area contributed by atoms with Gasteiger partial charge in [0.15, 0.2) is 5.82 Å². The number of carbonyl (C=O) groups is 1. The molecular weight excluding hydrogens is 284 g/mol. The number of aliphatic hydroxyl groups excluding tert-OH is 1. The Kier molecular flexibility index (Phi) is 3.71. The molecule has 0 spiro atoms. The molecular formula is C15H14N4O3. The fourth-order valence-electron chi connectivity index (χ4n) is 2.23. The third-order valence-corrected chi connectivity index (χ3v) is 3.25. The van der Waals surface area contributed by atoms with E-state index in [2.05, 4.69) is 15.4 Å². The van der Waals surface area contributed by atoms with Crippen molar-refractivity contribution in [2.75, 3.05) is 0 Å². The summed E-state index contributed by atoms with van der Waals surface area (Å²) in [7, 11) is 0. The van der Waals surface area contributed by atoms with Crippen LogP contribution in [0.25, 0.3) is 16.9 Å². The topological polar surface area (TPSA) is 99.8 Å². The second-order valence-electron chi connectivity index (χ2n) is 4.74. The largest absolute Gasteiger partial charge is 0.465 e. The smallest absolute Gasteiger partial charge is 0.404 e. The highest BCUT2D eigenvalue weighted by atomic mass is 16.4. The predicted molar refractivity (Wildman–Crippen MR) is 79.2 cm³/mol. The minimum atomic E-state index is -1.07. The van der Waals surface area contributed by atoms with Crippen LogP contribution in [-0.4, -0.2) is 30.9 Å². The summed E-state index contributed by atoms with van der Waals surface area (Å²) in [6, 6.07) is 11.0. The molecule has 7 nitrogen and oxygen atoms in total. The van der Waals surface area contributed by atoms with Crippen LogP contribution in [0.5, 0.6) is 0 Å². The van der Waals surface area contributed by atoms with Crippen LogP contribution in [0.15, 0.2) is 42.6 Å². The van der Waals surface area contributed by atoms with E-state index < -0.39 is 6.09 Å². The van der Waals surface area contributed by atoms with Crippen molar-refractivity contribution < 1.29 is 15.0 Å². The van der Waals surface area contributed by atoms with Gasteiger partial charge in [-0.25, -0.2) is 14.3 Å². The lowest BCUT2D eigenvalue weighted by Crippen LogP contribution is -2.19. The number of nitrogens with one attached hydrogen (secondary N) is 1. The normalized spacial score (nSPS) is 10.8. The van der Waals surface area contributed by atoms with Gasteiger partial charge >= 0.3 is 6.09 Å². The average Bonchev–Trinajstić information content (AvgIpc) is 3.00. The number of fused-ring (bicyclic) bond motifs is 1. The first-order valence-electron chi connectivity index (χ1n) is 6.68. The fourth-order valence-corrected chi connectivity index (χ4v) is 2.23. The summed E-state index contributed by atoms with van der Waals surface area (Å²) in [5, 5.41) is 24.8. The zero-order valence-corrected chi connectivity index (χ0v) is 11.6. The third-order valence-electron chi connectivity index (χ3n) is 3.25. The molecule has 0 saturated carbocycles. The highest BCUT2D eigenvalue weighted by Crippen LogP contribution is 2.19. The summed E-state index contributed by atoms with van der Waals surface area (Å²) < 4.78 is 1.66. The van der Waals surface area contributed by atoms with Gasteiger partial charge in [0.25, 0.3) is 0 Å². The lowest BCUT2D eigenvalue weighted by molar-refractivity contribution is 0.194. The number of carboxylic acid groups (broad SMARTS) is 1. The zero-order valence-electron chi connectivity index (χ0n) is 11.6. The van der Waals surface area contributed by atoms with E-state index in [-0.39, 0.29) is 13.2 Å². The molecule has 0 fully saturated rings. The number of aliphatic hydroxyl groups is 1. The van der Waals surface area contributed by atoms with Gasteiger partial charge in [-0.1, -0.05) is 18.2 Å². The van der Waals surface area contributed by atoms with Crippen LogP contribution in [0.4, 0.5) is 4.79 Å². The van der Waals surface area contributed by atoms with Gasteiger partial charge in [-0.3, -0.25) is 0 Å². The Balaban J connectivity index is 1.99. The van der Waals surface area contributed by atoms with Gasteiger partial charge in [-0.05, 0) is 23.8 Å². The lowest BCUT2D eigenvalue weighted by Gasteiger charge is -2.07. The number of benzene rings is 1. The summed E-state index contributed by atoms with van der Waals surface area (Å²) in [5.41, 5.74) is 2.87. The lowest BCUT2D eigenvalue weighted by atomic mass is 10.1. The molecule has 2 aromatic heterocycles. The molecule has 1 aromatic carbocycles. The summed E-state index contributed by atoms with van der Waals surface area (Å²) in [5.74, 6) is 0.477. The van der Waals surface area contributed by atoms with Crippen molar-refractivity contribution in [3.63, 3.8) is 0 Å². The number of aromatic nitrogens is 3. The van der Waals surface area contributed by atoms with Gasteiger partial charge in [0.2, 0.25) is 0 Å². The van der Waals surface area contributed by atoms with E-state index in [1.165, 1.54) is 0 Å². The van der Waals surface area contributed by atoms with Crippen molar-refractivity contribution in [1.82, 2.24) is 19.9 Å². The molecule has 2 heterocycles. The molecule has 0 radical (unpaired) electrons. The van der Waals surface area contributed by atoms with Crippen molar-refractivity contribution in [3.8, 4) is 11.4 Å². The quantitative estimate of drug-likeness (QED) is 0.680. The van der Waals surface area contributed by atoms with E-state index in [0.29, 0.717) is 11.5 Å². The second kappa shape index (κ2) is 5.82. The molecule has 0 aliphatic rings. The number of amides is 1. The Morgan fingerprint density at radius 1 is 1.27 bits per heavy atom.